The third-order valence-corrected chi connectivity index (χ3v) is 5.34. The van der Waals surface area contributed by atoms with Crippen molar-refractivity contribution in [1.82, 2.24) is 20.0 Å². The first-order valence-corrected chi connectivity index (χ1v) is 9.58. The van der Waals surface area contributed by atoms with Gasteiger partial charge in [0, 0.05) is 44.0 Å². The minimum Gasteiger partial charge on any atom is -0.341 e. The number of nitrogens with zero attached hydrogens (tertiary/aromatic N) is 6. The number of hydroxylamine groups is 2. The first-order valence-electron chi connectivity index (χ1n) is 9.20. The molecule has 1 atom stereocenters. The van der Waals surface area contributed by atoms with E-state index in [1.54, 1.807) is 24.5 Å². The van der Waals surface area contributed by atoms with Crippen molar-refractivity contribution in [3.05, 3.63) is 47.0 Å². The van der Waals surface area contributed by atoms with Crippen LogP contribution in [0, 0.1) is 17.2 Å². The molecule has 2 fully saturated rings. The maximum absolute atomic E-state index is 13.1. The van der Waals surface area contributed by atoms with Crippen LogP contribution in [0.25, 0.3) is 0 Å². The average molecular weight is 399 g/mol. The van der Waals surface area contributed by atoms with Gasteiger partial charge < -0.3 is 4.90 Å². The number of halogens is 1. The zero-order valence-electron chi connectivity index (χ0n) is 15.2. The van der Waals surface area contributed by atoms with Crippen molar-refractivity contribution in [2.75, 3.05) is 24.6 Å². The molecular formula is C19H19ClN6O2. The fraction of sp³-hybridized carbons (Fsp3) is 0.421. The lowest BCUT2D eigenvalue weighted by Gasteiger charge is -2.34. The number of pyridine rings is 1. The van der Waals surface area contributed by atoms with Crippen molar-refractivity contribution in [3.63, 3.8) is 0 Å². The van der Waals surface area contributed by atoms with Crippen molar-refractivity contribution in [2.24, 2.45) is 5.92 Å². The van der Waals surface area contributed by atoms with Gasteiger partial charge in [-0.2, -0.15) is 5.26 Å². The highest BCUT2D eigenvalue weighted by Gasteiger charge is 2.37. The van der Waals surface area contributed by atoms with Crippen LogP contribution >= 0.6 is 11.6 Å². The van der Waals surface area contributed by atoms with Gasteiger partial charge >= 0.3 is 0 Å². The van der Waals surface area contributed by atoms with Gasteiger partial charge in [-0.05, 0) is 30.5 Å². The Labute approximate surface area is 167 Å². The second-order valence-electron chi connectivity index (χ2n) is 6.86. The molecule has 1 amide bonds. The standard InChI is InChI=1S/C19H19ClN6O2/c20-17-1-5-23-19(24-17)25-6-2-14(3-7-25)18(27)26-16(4-8-28-26)15-9-13(10-21)11-22-12-15/h1,5,9,11-12,14,16H,2-4,6-8H2/t16-/m0/s1. The van der Waals surface area contributed by atoms with Crippen LogP contribution in [0.15, 0.2) is 30.7 Å². The van der Waals surface area contributed by atoms with E-state index in [0.717, 1.165) is 5.56 Å². The summed E-state index contributed by atoms with van der Waals surface area (Å²) in [6.07, 6.45) is 6.92. The van der Waals surface area contributed by atoms with Crippen LogP contribution in [0.4, 0.5) is 5.95 Å². The highest BCUT2D eigenvalue weighted by atomic mass is 35.5. The summed E-state index contributed by atoms with van der Waals surface area (Å²) in [7, 11) is 0. The molecule has 2 aromatic heterocycles. The number of carbonyl (C=O) groups is 1. The first kappa shape index (κ1) is 18.6. The molecule has 144 valence electrons. The minimum atomic E-state index is -0.206. The Morgan fingerprint density at radius 1 is 1.29 bits per heavy atom. The first-order chi connectivity index (χ1) is 13.7. The van der Waals surface area contributed by atoms with Gasteiger partial charge in [-0.15, -0.1) is 0 Å². The number of carbonyl (C=O) groups excluding carboxylic acids is 1. The SMILES string of the molecule is N#Cc1cncc([C@@H]2CCON2C(=O)C2CCN(c3nccc(Cl)n3)CC2)c1. The van der Waals surface area contributed by atoms with Gasteiger partial charge in [-0.1, -0.05) is 11.6 Å². The van der Waals surface area contributed by atoms with Crippen molar-refractivity contribution < 1.29 is 9.63 Å². The van der Waals surface area contributed by atoms with Crippen LogP contribution in [-0.2, 0) is 9.63 Å². The van der Waals surface area contributed by atoms with E-state index in [2.05, 4.69) is 21.0 Å². The molecule has 0 spiro atoms. The Kier molecular flexibility index (Phi) is 5.37. The molecule has 4 heterocycles. The maximum atomic E-state index is 13.1. The summed E-state index contributed by atoms with van der Waals surface area (Å²) in [5.41, 5.74) is 1.31. The average Bonchev–Trinajstić information content (AvgIpc) is 3.23. The van der Waals surface area contributed by atoms with Crippen molar-refractivity contribution in [2.45, 2.75) is 25.3 Å². The van der Waals surface area contributed by atoms with E-state index >= 15 is 0 Å². The zero-order chi connectivity index (χ0) is 19.5. The smallest absolute Gasteiger partial charge is 0.249 e. The Morgan fingerprint density at radius 2 is 2.11 bits per heavy atom. The van der Waals surface area contributed by atoms with E-state index < -0.39 is 0 Å². The molecule has 0 aromatic carbocycles. The number of aromatic nitrogens is 3. The third-order valence-electron chi connectivity index (χ3n) is 5.13. The van der Waals surface area contributed by atoms with Crippen LogP contribution in [0.5, 0.6) is 0 Å². The van der Waals surface area contributed by atoms with Crippen molar-refractivity contribution in [1.29, 1.82) is 5.26 Å². The third kappa shape index (κ3) is 3.77. The fourth-order valence-electron chi connectivity index (χ4n) is 3.68. The molecule has 28 heavy (non-hydrogen) atoms. The van der Waals surface area contributed by atoms with Gasteiger partial charge in [0.05, 0.1) is 18.2 Å². The molecular weight excluding hydrogens is 380 g/mol. The topological polar surface area (TPSA) is 95.2 Å². The zero-order valence-corrected chi connectivity index (χ0v) is 15.9. The van der Waals surface area contributed by atoms with Gasteiger partial charge in [0.1, 0.15) is 11.2 Å². The lowest BCUT2D eigenvalue weighted by atomic mass is 9.95. The molecule has 2 aliphatic heterocycles. The summed E-state index contributed by atoms with van der Waals surface area (Å²) in [6.45, 7) is 1.84. The number of hydrogen-bond donors (Lipinski definition) is 0. The second-order valence-corrected chi connectivity index (χ2v) is 7.25. The van der Waals surface area contributed by atoms with E-state index in [1.165, 1.54) is 11.3 Å². The molecule has 0 N–H and O–H groups in total. The highest BCUT2D eigenvalue weighted by molar-refractivity contribution is 6.29. The highest BCUT2D eigenvalue weighted by Crippen LogP contribution is 2.33. The Hall–Kier alpha value is -2.76. The van der Waals surface area contributed by atoms with Gasteiger partial charge in [0.25, 0.3) is 0 Å². The Bertz CT molecular complexity index is 909. The van der Waals surface area contributed by atoms with Crippen LogP contribution in [0.3, 0.4) is 0 Å². The number of hydrogen-bond acceptors (Lipinski definition) is 7. The number of amides is 1. The van der Waals surface area contributed by atoms with Gasteiger partial charge in [-0.3, -0.25) is 14.6 Å². The number of piperidine rings is 1. The Balaban J connectivity index is 1.42. The van der Waals surface area contributed by atoms with Crippen LogP contribution in [-0.4, -0.2) is 45.6 Å². The molecule has 9 heteroatoms. The molecule has 2 aromatic rings. The van der Waals surface area contributed by atoms with E-state index in [-0.39, 0.29) is 17.9 Å². The number of nitriles is 1. The molecule has 4 rings (SSSR count). The summed E-state index contributed by atoms with van der Waals surface area (Å²) < 4.78 is 0. The number of rotatable bonds is 3. The van der Waals surface area contributed by atoms with E-state index in [1.807, 2.05) is 4.90 Å². The largest absolute Gasteiger partial charge is 0.341 e. The normalized spacial score (nSPS) is 20.2. The van der Waals surface area contributed by atoms with E-state index in [4.69, 9.17) is 21.7 Å². The molecule has 2 saturated heterocycles. The van der Waals surface area contributed by atoms with Crippen LogP contribution in [0.1, 0.15) is 36.4 Å². The molecule has 8 nitrogen and oxygen atoms in total. The fourth-order valence-corrected chi connectivity index (χ4v) is 3.81. The lowest BCUT2D eigenvalue weighted by Crippen LogP contribution is -2.42. The molecule has 0 unspecified atom stereocenters. The van der Waals surface area contributed by atoms with Gasteiger partial charge in [-0.25, -0.2) is 15.0 Å². The summed E-state index contributed by atoms with van der Waals surface area (Å²) in [4.78, 5) is 33.4. The van der Waals surface area contributed by atoms with Gasteiger partial charge in [0.15, 0.2) is 0 Å². The van der Waals surface area contributed by atoms with Crippen molar-refractivity contribution in [3.8, 4) is 6.07 Å². The van der Waals surface area contributed by atoms with Crippen molar-refractivity contribution >= 4 is 23.5 Å². The summed E-state index contributed by atoms with van der Waals surface area (Å²) in [5.74, 6) is 0.452. The molecule has 0 saturated carbocycles. The van der Waals surface area contributed by atoms with Crippen LogP contribution < -0.4 is 4.90 Å². The molecule has 0 aliphatic carbocycles. The molecule has 2 aliphatic rings. The van der Waals surface area contributed by atoms with Crippen LogP contribution in [0.2, 0.25) is 5.15 Å². The lowest BCUT2D eigenvalue weighted by molar-refractivity contribution is -0.182. The summed E-state index contributed by atoms with van der Waals surface area (Å²) in [5, 5.41) is 11.0. The predicted octanol–water partition coefficient (Wildman–Crippen LogP) is 2.52. The quantitative estimate of drug-likeness (QED) is 0.733. The number of anilines is 1. The van der Waals surface area contributed by atoms with E-state index in [9.17, 15) is 4.79 Å². The molecule has 0 radical (unpaired) electrons. The monoisotopic (exact) mass is 398 g/mol. The van der Waals surface area contributed by atoms with E-state index in [0.29, 0.717) is 55.6 Å². The summed E-state index contributed by atoms with van der Waals surface area (Å²) in [6, 6.07) is 5.29. The second kappa shape index (κ2) is 8.09. The predicted molar refractivity (Wildman–Crippen MR) is 101 cm³/mol. The van der Waals surface area contributed by atoms with Gasteiger partial charge in [0.2, 0.25) is 11.9 Å². The Morgan fingerprint density at radius 3 is 2.86 bits per heavy atom. The minimum absolute atomic E-state index is 0.0171. The summed E-state index contributed by atoms with van der Waals surface area (Å²) >= 11 is 5.94. The maximum Gasteiger partial charge on any atom is 0.249 e. The molecule has 0 bridgehead atoms.